The molecule has 1 aromatic carbocycles. The number of halogens is 3. The molecule has 4 N–H and O–H groups in total. The van der Waals surface area contributed by atoms with Crippen molar-refractivity contribution in [3.05, 3.63) is 47.4 Å². The fourth-order valence-corrected chi connectivity index (χ4v) is 3.92. The van der Waals surface area contributed by atoms with Crippen LogP contribution in [-0.4, -0.2) is 37.4 Å². The molecule has 160 valence electrons. The van der Waals surface area contributed by atoms with Gasteiger partial charge in [-0.2, -0.15) is 13.2 Å². The van der Waals surface area contributed by atoms with E-state index in [0.29, 0.717) is 16.9 Å². The normalized spacial score (nSPS) is 21.4. The summed E-state index contributed by atoms with van der Waals surface area (Å²) in [7, 11) is 0. The smallest absolute Gasteiger partial charge is 0.396 e. The number of nitrogen functional groups attached to an aromatic ring is 1. The lowest BCUT2D eigenvalue weighted by Gasteiger charge is -2.33. The summed E-state index contributed by atoms with van der Waals surface area (Å²) in [5, 5.41) is 19.4. The van der Waals surface area contributed by atoms with E-state index >= 15 is 0 Å². The predicted molar refractivity (Wildman–Crippen MR) is 106 cm³/mol. The Morgan fingerprint density at radius 2 is 1.97 bits per heavy atom. The first-order valence-corrected chi connectivity index (χ1v) is 9.68. The van der Waals surface area contributed by atoms with Crippen LogP contribution in [0.25, 0.3) is 16.9 Å². The van der Waals surface area contributed by atoms with Crippen molar-refractivity contribution in [2.45, 2.75) is 44.4 Å². The van der Waals surface area contributed by atoms with Gasteiger partial charge in [-0.3, -0.25) is 4.40 Å². The Balaban J connectivity index is 1.82. The van der Waals surface area contributed by atoms with E-state index in [1.165, 1.54) is 12.1 Å². The van der Waals surface area contributed by atoms with Gasteiger partial charge in [0.15, 0.2) is 17.1 Å². The van der Waals surface area contributed by atoms with Gasteiger partial charge in [0, 0.05) is 24.3 Å². The number of aliphatic hydroxyl groups excluding tert-OH is 1. The molecular formula is C21H23F3N4O2. The number of rotatable bonds is 4. The molecule has 1 unspecified atom stereocenters. The van der Waals surface area contributed by atoms with Crippen molar-refractivity contribution in [3.63, 3.8) is 0 Å². The number of imidazole rings is 1. The highest BCUT2D eigenvalue weighted by Crippen LogP contribution is 2.42. The number of alkyl halides is 3. The number of anilines is 1. The molecule has 1 saturated carbocycles. The van der Waals surface area contributed by atoms with E-state index in [2.05, 4.69) is 9.97 Å². The van der Waals surface area contributed by atoms with E-state index in [1.54, 1.807) is 29.8 Å². The van der Waals surface area contributed by atoms with Crippen molar-refractivity contribution in [3.8, 4) is 11.3 Å². The molecule has 1 aliphatic rings. The molecule has 2 heterocycles. The van der Waals surface area contributed by atoms with Crippen LogP contribution in [0.3, 0.4) is 0 Å². The average Bonchev–Trinajstić information content (AvgIpc) is 3.04. The first kappa shape index (κ1) is 20.6. The number of hydrogen-bond donors (Lipinski definition) is 3. The van der Waals surface area contributed by atoms with Gasteiger partial charge < -0.3 is 15.9 Å². The number of nitrogens with two attached hydrogens (primary N) is 1. The lowest BCUT2D eigenvalue weighted by molar-refractivity contribution is -0.258. The summed E-state index contributed by atoms with van der Waals surface area (Å²) in [5.74, 6) is 0.657. The first-order chi connectivity index (χ1) is 14.0. The van der Waals surface area contributed by atoms with Crippen LogP contribution >= 0.6 is 0 Å². The standard InChI is InChI=1S/C21H23F3N4O2/c1-11-3-4-14(20(2,30)21(22,23)24)7-15(11)17-8-26-19-18(25)27-16(9-28(17)19)13-5-12(6-13)10-29/h3-4,7-9,12-13,29-30H,5-6,10H2,1-2H3,(H2,25,27). The fraction of sp³-hybridized carbons (Fsp3) is 0.429. The lowest BCUT2D eigenvalue weighted by atomic mass is 9.74. The Morgan fingerprint density at radius 1 is 1.27 bits per heavy atom. The molecule has 2 aromatic heterocycles. The van der Waals surface area contributed by atoms with Gasteiger partial charge >= 0.3 is 6.18 Å². The summed E-state index contributed by atoms with van der Waals surface area (Å²) < 4.78 is 41.7. The van der Waals surface area contributed by atoms with Gasteiger partial charge in [0.05, 0.1) is 17.6 Å². The highest BCUT2D eigenvalue weighted by atomic mass is 19.4. The van der Waals surface area contributed by atoms with E-state index in [9.17, 15) is 23.4 Å². The molecule has 0 aliphatic heterocycles. The van der Waals surface area contributed by atoms with E-state index in [0.717, 1.165) is 31.0 Å². The molecule has 0 radical (unpaired) electrons. The minimum Gasteiger partial charge on any atom is -0.396 e. The topological polar surface area (TPSA) is 96.7 Å². The Labute approximate surface area is 171 Å². The number of nitrogens with zero attached hydrogens (tertiary/aromatic N) is 3. The summed E-state index contributed by atoms with van der Waals surface area (Å²) in [5.41, 5.74) is 5.86. The summed E-state index contributed by atoms with van der Waals surface area (Å²) in [6.07, 6.45) is 0.153. The van der Waals surface area contributed by atoms with Crippen LogP contribution in [0.2, 0.25) is 0 Å². The van der Waals surface area contributed by atoms with E-state index in [-0.39, 0.29) is 29.8 Å². The Hall–Kier alpha value is -2.65. The third-order valence-electron chi connectivity index (χ3n) is 6.08. The lowest BCUT2D eigenvalue weighted by Crippen LogP contribution is -2.39. The molecular weight excluding hydrogens is 397 g/mol. The van der Waals surface area contributed by atoms with Crippen LogP contribution in [0, 0.1) is 12.8 Å². The van der Waals surface area contributed by atoms with Crippen molar-refractivity contribution < 1.29 is 23.4 Å². The zero-order valence-electron chi connectivity index (χ0n) is 16.6. The summed E-state index contributed by atoms with van der Waals surface area (Å²) in [4.78, 5) is 8.74. The first-order valence-electron chi connectivity index (χ1n) is 9.68. The molecule has 0 saturated heterocycles. The third-order valence-corrected chi connectivity index (χ3v) is 6.08. The van der Waals surface area contributed by atoms with Gasteiger partial charge in [-0.1, -0.05) is 12.1 Å². The zero-order valence-corrected chi connectivity index (χ0v) is 16.6. The van der Waals surface area contributed by atoms with Gasteiger partial charge in [0.2, 0.25) is 0 Å². The van der Waals surface area contributed by atoms with Gasteiger partial charge in [0.1, 0.15) is 0 Å². The quantitative estimate of drug-likeness (QED) is 0.600. The molecule has 0 bridgehead atoms. The molecule has 1 fully saturated rings. The van der Waals surface area contributed by atoms with Crippen molar-refractivity contribution >= 4 is 11.5 Å². The third kappa shape index (κ3) is 3.22. The number of benzene rings is 1. The van der Waals surface area contributed by atoms with Crippen LogP contribution in [-0.2, 0) is 5.60 Å². The number of fused-ring (bicyclic) bond motifs is 1. The molecule has 0 spiro atoms. The minimum absolute atomic E-state index is 0.135. The average molecular weight is 420 g/mol. The molecule has 0 amide bonds. The zero-order chi connectivity index (χ0) is 21.8. The van der Waals surface area contributed by atoms with E-state index < -0.39 is 11.8 Å². The van der Waals surface area contributed by atoms with Crippen LogP contribution in [0.15, 0.2) is 30.6 Å². The number of aryl methyl sites for hydroxylation is 1. The van der Waals surface area contributed by atoms with Gasteiger partial charge in [-0.05, 0) is 49.8 Å². The number of aromatic nitrogens is 3. The molecule has 3 aromatic rings. The molecule has 4 rings (SSSR count). The van der Waals surface area contributed by atoms with Crippen molar-refractivity contribution in [1.29, 1.82) is 0 Å². The SMILES string of the molecule is Cc1ccc(C(C)(O)C(F)(F)F)cc1-c1cnc2c(N)nc(C3CC(CO)C3)cn12. The summed E-state index contributed by atoms with van der Waals surface area (Å²) >= 11 is 0. The maximum Gasteiger partial charge on any atom is 0.421 e. The van der Waals surface area contributed by atoms with Crippen LogP contribution in [0.1, 0.15) is 42.5 Å². The molecule has 1 aliphatic carbocycles. The minimum atomic E-state index is -4.81. The van der Waals surface area contributed by atoms with Crippen LogP contribution in [0.4, 0.5) is 19.0 Å². The summed E-state index contributed by atoms with van der Waals surface area (Å²) in [6.45, 7) is 2.66. The van der Waals surface area contributed by atoms with E-state index in [1.807, 2.05) is 0 Å². The van der Waals surface area contributed by atoms with Gasteiger partial charge in [0.25, 0.3) is 0 Å². The van der Waals surface area contributed by atoms with Crippen LogP contribution in [0.5, 0.6) is 0 Å². The molecule has 30 heavy (non-hydrogen) atoms. The number of aliphatic hydroxyl groups is 2. The van der Waals surface area contributed by atoms with Crippen LogP contribution < -0.4 is 5.73 Å². The Kier molecular flexibility index (Phi) is 4.78. The summed E-state index contributed by atoms with van der Waals surface area (Å²) in [6, 6.07) is 4.17. The molecule has 1 atom stereocenters. The number of hydrogen-bond acceptors (Lipinski definition) is 5. The van der Waals surface area contributed by atoms with Crippen molar-refractivity contribution in [2.75, 3.05) is 12.3 Å². The predicted octanol–water partition coefficient (Wildman–Crippen LogP) is 3.54. The Bertz CT molecular complexity index is 1100. The maximum absolute atomic E-state index is 13.3. The largest absolute Gasteiger partial charge is 0.421 e. The highest BCUT2D eigenvalue weighted by molar-refractivity contribution is 5.72. The van der Waals surface area contributed by atoms with Gasteiger partial charge in [-0.15, -0.1) is 0 Å². The maximum atomic E-state index is 13.3. The highest BCUT2D eigenvalue weighted by Gasteiger charge is 2.51. The van der Waals surface area contributed by atoms with E-state index in [4.69, 9.17) is 5.73 Å². The second kappa shape index (κ2) is 6.95. The monoisotopic (exact) mass is 420 g/mol. The molecule has 6 nitrogen and oxygen atoms in total. The second-order valence-corrected chi connectivity index (χ2v) is 8.20. The Morgan fingerprint density at radius 3 is 2.60 bits per heavy atom. The second-order valence-electron chi connectivity index (χ2n) is 8.20. The fourth-order valence-electron chi connectivity index (χ4n) is 3.92. The molecule has 9 heteroatoms. The van der Waals surface area contributed by atoms with Crippen molar-refractivity contribution in [1.82, 2.24) is 14.4 Å². The van der Waals surface area contributed by atoms with Gasteiger partial charge in [-0.25, -0.2) is 9.97 Å². The van der Waals surface area contributed by atoms with Crippen molar-refractivity contribution in [2.24, 2.45) is 5.92 Å².